The zero-order valence-corrected chi connectivity index (χ0v) is 9.70. The van der Waals surface area contributed by atoms with E-state index in [-0.39, 0.29) is 17.9 Å². The number of nitrogens with zero attached hydrogens (tertiary/aromatic N) is 3. The number of fused-ring (bicyclic) bond motifs is 1. The minimum Gasteiger partial charge on any atom is -0.382 e. The summed E-state index contributed by atoms with van der Waals surface area (Å²) in [5, 5.41) is 19.6. The monoisotopic (exact) mass is 266 g/mol. The highest BCUT2D eigenvalue weighted by Gasteiger charge is 2.26. The zero-order valence-electron chi connectivity index (χ0n) is 9.70. The molecule has 98 valence electrons. The van der Waals surface area contributed by atoms with Gasteiger partial charge >= 0.3 is 6.18 Å². The van der Waals surface area contributed by atoms with Crippen LogP contribution >= 0.6 is 0 Å². The number of anilines is 1. The lowest BCUT2D eigenvalue weighted by Crippen LogP contribution is -2.15. The van der Waals surface area contributed by atoms with Crippen LogP contribution in [0.2, 0.25) is 0 Å². The molecule has 0 aliphatic heterocycles. The number of hydrogen-bond donors (Lipinski definition) is 1. The Balaban J connectivity index is 2.32. The van der Waals surface area contributed by atoms with Crippen molar-refractivity contribution in [2.24, 2.45) is 0 Å². The van der Waals surface area contributed by atoms with Crippen molar-refractivity contribution in [1.82, 2.24) is 10.2 Å². The van der Waals surface area contributed by atoms with E-state index in [1.165, 1.54) is 0 Å². The average molecular weight is 266 g/mol. The number of nitrogens with one attached hydrogen (secondary N) is 1. The second-order valence-electron chi connectivity index (χ2n) is 3.84. The van der Waals surface area contributed by atoms with Crippen LogP contribution < -0.4 is 5.32 Å². The second kappa shape index (κ2) is 5.10. The van der Waals surface area contributed by atoms with E-state index in [0.717, 1.165) is 0 Å². The number of rotatable bonds is 3. The molecule has 1 N–H and O–H groups in total. The summed E-state index contributed by atoms with van der Waals surface area (Å²) in [5.74, 6) is 0. The van der Waals surface area contributed by atoms with E-state index >= 15 is 0 Å². The van der Waals surface area contributed by atoms with Gasteiger partial charge in [0.1, 0.15) is 6.07 Å². The molecule has 0 unspecified atom stereocenters. The van der Waals surface area contributed by atoms with E-state index in [2.05, 4.69) is 15.5 Å². The van der Waals surface area contributed by atoms with Crippen LogP contribution in [0.3, 0.4) is 0 Å². The molecule has 1 aromatic carbocycles. The molecule has 0 atom stereocenters. The van der Waals surface area contributed by atoms with E-state index in [4.69, 9.17) is 5.26 Å². The summed E-state index contributed by atoms with van der Waals surface area (Å²) < 4.78 is 36.4. The van der Waals surface area contributed by atoms with Crippen molar-refractivity contribution in [3.05, 3.63) is 30.0 Å². The molecule has 0 saturated carbocycles. The van der Waals surface area contributed by atoms with Crippen LogP contribution in [0.5, 0.6) is 0 Å². The zero-order chi connectivity index (χ0) is 13.9. The van der Waals surface area contributed by atoms with Gasteiger partial charge in [-0.2, -0.15) is 18.4 Å². The topological polar surface area (TPSA) is 61.6 Å². The smallest absolute Gasteiger partial charge is 0.382 e. The van der Waals surface area contributed by atoms with E-state index in [1.807, 2.05) is 6.07 Å². The van der Waals surface area contributed by atoms with Gasteiger partial charge in [-0.25, -0.2) is 0 Å². The molecule has 0 amide bonds. The first-order valence-corrected chi connectivity index (χ1v) is 5.47. The Hall–Kier alpha value is -2.36. The van der Waals surface area contributed by atoms with Crippen LogP contribution in [0.25, 0.3) is 10.9 Å². The van der Waals surface area contributed by atoms with E-state index in [0.29, 0.717) is 10.9 Å². The van der Waals surface area contributed by atoms with Gasteiger partial charge in [0.2, 0.25) is 0 Å². The molecule has 19 heavy (non-hydrogen) atoms. The van der Waals surface area contributed by atoms with Crippen molar-refractivity contribution >= 4 is 16.6 Å². The predicted molar refractivity (Wildman–Crippen MR) is 63.4 cm³/mol. The van der Waals surface area contributed by atoms with Crippen LogP contribution in [-0.2, 0) is 0 Å². The quantitative estimate of drug-likeness (QED) is 0.927. The Kier molecular flexibility index (Phi) is 3.51. The molecule has 0 aliphatic carbocycles. The minimum atomic E-state index is -4.24. The molecule has 0 bridgehead atoms. The van der Waals surface area contributed by atoms with Crippen LogP contribution in [0.15, 0.2) is 24.3 Å². The molecule has 2 rings (SSSR count). The van der Waals surface area contributed by atoms with E-state index < -0.39 is 12.6 Å². The standard InChI is InChI=1S/C12H9F3N4/c13-12(14,15)5-6-17-11-8-3-1-2-4-9(8)18-19-10(11)7-16/h1-4H,5-6H2,(H,17,18). The molecule has 1 heterocycles. The Labute approximate surface area is 106 Å². The molecular weight excluding hydrogens is 257 g/mol. The maximum absolute atomic E-state index is 12.1. The normalized spacial score (nSPS) is 11.3. The first kappa shape index (κ1) is 13.1. The average Bonchev–Trinajstić information content (AvgIpc) is 2.37. The highest BCUT2D eigenvalue weighted by Crippen LogP contribution is 2.25. The highest BCUT2D eigenvalue weighted by atomic mass is 19.4. The third-order valence-corrected chi connectivity index (χ3v) is 2.48. The number of benzene rings is 1. The van der Waals surface area contributed by atoms with E-state index in [9.17, 15) is 13.2 Å². The molecule has 0 saturated heterocycles. The first-order chi connectivity index (χ1) is 9.01. The van der Waals surface area contributed by atoms with Gasteiger partial charge in [-0.1, -0.05) is 18.2 Å². The molecule has 2 aromatic rings. The predicted octanol–water partition coefficient (Wildman–Crippen LogP) is 2.87. The molecule has 0 aliphatic rings. The fourth-order valence-corrected chi connectivity index (χ4v) is 1.64. The van der Waals surface area contributed by atoms with Gasteiger partial charge in [-0.15, -0.1) is 10.2 Å². The van der Waals surface area contributed by atoms with Crippen LogP contribution in [0.4, 0.5) is 18.9 Å². The number of halogens is 3. The number of hydrogen-bond acceptors (Lipinski definition) is 4. The number of aromatic nitrogens is 2. The van der Waals surface area contributed by atoms with Gasteiger partial charge in [0.15, 0.2) is 5.69 Å². The van der Waals surface area contributed by atoms with Crippen LogP contribution in [-0.4, -0.2) is 22.9 Å². The third kappa shape index (κ3) is 3.10. The first-order valence-electron chi connectivity index (χ1n) is 5.47. The molecular formula is C12H9F3N4. The van der Waals surface area contributed by atoms with E-state index in [1.54, 1.807) is 24.3 Å². The summed E-state index contributed by atoms with van der Waals surface area (Å²) >= 11 is 0. The van der Waals surface area contributed by atoms with Crippen molar-refractivity contribution in [2.45, 2.75) is 12.6 Å². The SMILES string of the molecule is N#Cc1nnc2ccccc2c1NCCC(F)(F)F. The van der Waals surface area contributed by atoms with Crippen molar-refractivity contribution in [3.8, 4) is 6.07 Å². The molecule has 0 fully saturated rings. The fourth-order valence-electron chi connectivity index (χ4n) is 1.64. The lowest BCUT2D eigenvalue weighted by molar-refractivity contribution is -0.131. The van der Waals surface area contributed by atoms with Crippen LogP contribution in [0, 0.1) is 11.3 Å². The Morgan fingerprint density at radius 3 is 2.63 bits per heavy atom. The summed E-state index contributed by atoms with van der Waals surface area (Å²) in [7, 11) is 0. The molecule has 0 radical (unpaired) electrons. The van der Waals surface area contributed by atoms with Crippen molar-refractivity contribution in [3.63, 3.8) is 0 Å². The Morgan fingerprint density at radius 2 is 1.95 bits per heavy atom. The van der Waals surface area contributed by atoms with Gasteiger partial charge in [-0.3, -0.25) is 0 Å². The summed E-state index contributed by atoms with van der Waals surface area (Å²) in [6.07, 6.45) is -5.22. The second-order valence-corrected chi connectivity index (χ2v) is 3.84. The Bertz CT molecular complexity index is 631. The fraction of sp³-hybridized carbons (Fsp3) is 0.250. The molecule has 1 aromatic heterocycles. The van der Waals surface area contributed by atoms with Crippen molar-refractivity contribution < 1.29 is 13.2 Å². The lowest BCUT2D eigenvalue weighted by atomic mass is 10.1. The molecule has 0 spiro atoms. The Morgan fingerprint density at radius 1 is 1.21 bits per heavy atom. The maximum Gasteiger partial charge on any atom is 0.390 e. The lowest BCUT2D eigenvalue weighted by Gasteiger charge is -2.11. The number of alkyl halides is 3. The summed E-state index contributed by atoms with van der Waals surface area (Å²) in [6.45, 7) is -0.312. The maximum atomic E-state index is 12.1. The van der Waals surface area contributed by atoms with Crippen molar-refractivity contribution in [1.29, 1.82) is 5.26 Å². The van der Waals surface area contributed by atoms with Gasteiger partial charge < -0.3 is 5.32 Å². The largest absolute Gasteiger partial charge is 0.390 e. The summed E-state index contributed by atoms with van der Waals surface area (Å²) in [5.41, 5.74) is 0.800. The van der Waals surface area contributed by atoms with Crippen molar-refractivity contribution in [2.75, 3.05) is 11.9 Å². The molecule has 4 nitrogen and oxygen atoms in total. The minimum absolute atomic E-state index is 0.0131. The highest BCUT2D eigenvalue weighted by molar-refractivity contribution is 5.92. The van der Waals surface area contributed by atoms with Gasteiger partial charge in [0.05, 0.1) is 17.6 Å². The third-order valence-electron chi connectivity index (χ3n) is 2.48. The van der Waals surface area contributed by atoms with Crippen LogP contribution in [0.1, 0.15) is 12.1 Å². The molecule has 7 heteroatoms. The number of nitriles is 1. The van der Waals surface area contributed by atoms with Gasteiger partial charge in [0, 0.05) is 11.9 Å². The summed E-state index contributed by atoms with van der Waals surface area (Å²) in [4.78, 5) is 0. The summed E-state index contributed by atoms with van der Waals surface area (Å²) in [6, 6.07) is 8.64. The van der Waals surface area contributed by atoms with Gasteiger partial charge in [-0.05, 0) is 6.07 Å². The van der Waals surface area contributed by atoms with Gasteiger partial charge in [0.25, 0.3) is 0 Å².